The van der Waals surface area contributed by atoms with E-state index in [-0.39, 0.29) is 34.2 Å². The van der Waals surface area contributed by atoms with Crippen LogP contribution in [0, 0.1) is 0 Å². The van der Waals surface area contributed by atoms with Gasteiger partial charge in [-0.15, -0.1) is 0 Å². The minimum absolute atomic E-state index is 0.0131. The Kier molecular flexibility index (Phi) is 8.87. The van der Waals surface area contributed by atoms with Crippen molar-refractivity contribution in [2.75, 3.05) is 13.2 Å². The van der Waals surface area contributed by atoms with Gasteiger partial charge in [0, 0.05) is 18.2 Å². The van der Waals surface area contributed by atoms with Crippen molar-refractivity contribution in [3.63, 3.8) is 0 Å². The first-order valence-electron chi connectivity index (χ1n) is 13.2. The number of hydrogen-bond donors (Lipinski definition) is 11. The van der Waals surface area contributed by atoms with E-state index in [1.807, 2.05) is 0 Å². The van der Waals surface area contributed by atoms with E-state index in [4.69, 9.17) is 18.9 Å². The summed E-state index contributed by atoms with van der Waals surface area (Å²) in [6, 6.07) is 3.73. The number of benzene rings is 1. The molecule has 4 aliphatic rings. The van der Waals surface area contributed by atoms with E-state index >= 15 is 0 Å². The lowest BCUT2D eigenvalue weighted by atomic mass is 9.96. The highest BCUT2D eigenvalue weighted by atomic mass is 16.7. The smallest absolute Gasteiger partial charge is 0.305 e. The number of hydrogen-bond acceptors (Lipinski definition) is 15. The number of rotatable bonds is 7. The zero-order chi connectivity index (χ0) is 31.2. The molecular weight excluding hydrogens is 580 g/mol. The van der Waals surface area contributed by atoms with E-state index in [1.54, 1.807) is 0 Å². The van der Waals surface area contributed by atoms with Crippen molar-refractivity contribution in [2.45, 2.75) is 67.5 Å². The number of ether oxygens (including phenoxy) is 5. The van der Waals surface area contributed by atoms with Crippen LogP contribution in [0.1, 0.15) is 5.56 Å². The molecule has 0 spiro atoms. The maximum atomic E-state index is 10.6. The summed E-state index contributed by atoms with van der Waals surface area (Å²) in [5.41, 5.74) is 0.380. The van der Waals surface area contributed by atoms with Gasteiger partial charge in [-0.05, 0) is 12.1 Å². The van der Waals surface area contributed by atoms with Crippen LogP contribution in [-0.2, 0) is 18.9 Å². The van der Waals surface area contributed by atoms with Crippen LogP contribution >= 0.6 is 0 Å². The molecule has 16 nitrogen and oxygen atoms in total. The van der Waals surface area contributed by atoms with Gasteiger partial charge in [0.15, 0.2) is 11.5 Å². The molecule has 16 heteroatoms. The molecule has 3 aliphatic heterocycles. The lowest BCUT2D eigenvalue weighted by molar-refractivity contribution is -0.292. The van der Waals surface area contributed by atoms with Crippen LogP contribution in [-0.4, -0.2) is 142 Å². The van der Waals surface area contributed by atoms with E-state index < -0.39 is 92.2 Å². The predicted octanol–water partition coefficient (Wildman–Crippen LogP) is -3.42. The molecule has 3 heterocycles. The molecule has 1 aliphatic carbocycles. The van der Waals surface area contributed by atoms with Crippen LogP contribution < -0.4 is 0 Å². The summed E-state index contributed by atoms with van der Waals surface area (Å²) in [4.78, 5) is 0. The summed E-state index contributed by atoms with van der Waals surface area (Å²) in [5, 5.41) is 111. The number of phenolic OH excluding ortho intramolecular Hbond substituents is 2. The van der Waals surface area contributed by atoms with Crippen molar-refractivity contribution >= 4 is 5.76 Å². The number of aliphatic hydroxyl groups excluding tert-OH is 9. The number of aliphatic hydroxyl groups is 11. The Morgan fingerprint density at radius 1 is 0.698 bits per heavy atom. The Morgan fingerprint density at radius 3 is 1.84 bits per heavy atom. The predicted molar refractivity (Wildman–Crippen MR) is 139 cm³/mol. The SMILES string of the molecule is OC[C@H]1O[C@@H](OC2=CC(O)=CC3[OH+]C(c4ccc(O)c(O)c4)=C(O[C@@H]4O[C@H](CO)[C@@H](O)[C@H](O)[C@H]4O)C=C23)[C@H](O)[C@@H](O)[C@@H]1O. The molecule has 5 rings (SSSR count). The maximum absolute atomic E-state index is 10.6. The average Bonchev–Trinajstić information content (AvgIpc) is 2.98. The van der Waals surface area contributed by atoms with E-state index in [0.29, 0.717) is 0 Å². The number of fused-ring (bicyclic) bond motifs is 1. The summed E-state index contributed by atoms with van der Waals surface area (Å²) in [7, 11) is 0. The zero-order valence-corrected chi connectivity index (χ0v) is 22.2. The van der Waals surface area contributed by atoms with Gasteiger partial charge < -0.3 is 79.9 Å². The molecule has 1 aromatic rings. The highest BCUT2D eigenvalue weighted by Gasteiger charge is 2.48. The molecule has 0 radical (unpaired) electrons. The second-order valence-electron chi connectivity index (χ2n) is 10.3. The van der Waals surface area contributed by atoms with Crippen LogP contribution in [0.4, 0.5) is 0 Å². The number of phenols is 2. The molecule has 1 unspecified atom stereocenters. The second kappa shape index (κ2) is 12.3. The van der Waals surface area contributed by atoms with Gasteiger partial charge in [-0.1, -0.05) is 0 Å². The Labute approximate surface area is 243 Å². The topological polar surface area (TPSA) is 272 Å². The van der Waals surface area contributed by atoms with Gasteiger partial charge in [-0.3, -0.25) is 0 Å². The first-order chi connectivity index (χ1) is 20.4. The molecular formula is C27H33O16+. The first-order valence-corrected chi connectivity index (χ1v) is 13.2. The van der Waals surface area contributed by atoms with Gasteiger partial charge in [0.25, 0.3) is 0 Å². The van der Waals surface area contributed by atoms with Crippen molar-refractivity contribution in [3.05, 3.63) is 64.8 Å². The molecule has 1 aromatic carbocycles. The molecule has 0 amide bonds. The van der Waals surface area contributed by atoms with Gasteiger partial charge >= 0.3 is 5.76 Å². The monoisotopic (exact) mass is 613 g/mol. The third-order valence-corrected chi connectivity index (χ3v) is 7.43. The number of aromatic hydroxyl groups is 2. The highest BCUT2D eigenvalue weighted by molar-refractivity contribution is 5.69. The summed E-state index contributed by atoms with van der Waals surface area (Å²) < 4.78 is 27.1. The third-order valence-electron chi connectivity index (χ3n) is 7.43. The lowest BCUT2D eigenvalue weighted by Gasteiger charge is -2.41. The Bertz CT molecular complexity index is 1320. The normalized spacial score (nSPS) is 37.9. The largest absolute Gasteiger partial charge is 0.571 e. The van der Waals surface area contributed by atoms with Gasteiger partial charge in [0.1, 0.15) is 60.4 Å². The molecule has 11 atom stereocenters. The second-order valence-corrected chi connectivity index (χ2v) is 10.3. The standard InChI is InChI=1S/C27H32O16/c28-7-17-19(33)21(35)23(37)26(42-17)40-15-5-10(30)4-14-11(15)6-16(25(39-14)9-1-2-12(31)13(32)3-9)41-27-24(38)22(36)20(34)18(8-29)43-27/h1-6,14,17-24,26-38H,7-8H2/p+1/t14?,17-,18-,19-,20-,21+,22+,23-,24-,26-,27-/m1/s1. The van der Waals surface area contributed by atoms with Gasteiger partial charge in [-0.25, -0.2) is 0 Å². The minimum atomic E-state index is -1.80. The fraction of sp³-hybridized carbons (Fsp3) is 0.481. The fourth-order valence-corrected chi connectivity index (χ4v) is 5.00. The number of allylic oxidation sites excluding steroid dienone is 2. The molecule has 236 valence electrons. The zero-order valence-electron chi connectivity index (χ0n) is 22.2. The van der Waals surface area contributed by atoms with Crippen LogP contribution in [0.25, 0.3) is 5.76 Å². The molecule has 43 heavy (non-hydrogen) atoms. The molecule has 0 aromatic heterocycles. The van der Waals surface area contributed by atoms with Crippen molar-refractivity contribution < 1.29 is 79.9 Å². The third kappa shape index (κ3) is 5.89. The van der Waals surface area contributed by atoms with Crippen LogP contribution in [0.3, 0.4) is 0 Å². The molecule has 0 saturated carbocycles. The van der Waals surface area contributed by atoms with Crippen molar-refractivity contribution in [1.82, 2.24) is 0 Å². The molecule has 12 N–H and O–H groups in total. The summed E-state index contributed by atoms with van der Waals surface area (Å²) >= 11 is 0. The Morgan fingerprint density at radius 2 is 1.28 bits per heavy atom. The molecule has 0 bridgehead atoms. The molecule has 2 saturated heterocycles. The van der Waals surface area contributed by atoms with Crippen molar-refractivity contribution in [3.8, 4) is 11.5 Å². The van der Waals surface area contributed by atoms with E-state index in [1.165, 1.54) is 24.3 Å². The average molecular weight is 614 g/mol. The van der Waals surface area contributed by atoms with Gasteiger partial charge in [-0.2, -0.15) is 0 Å². The molecule has 2 fully saturated rings. The van der Waals surface area contributed by atoms with Crippen LogP contribution in [0.2, 0.25) is 0 Å². The van der Waals surface area contributed by atoms with E-state index in [0.717, 1.165) is 12.1 Å². The first kappa shape index (κ1) is 31.0. The highest BCUT2D eigenvalue weighted by Crippen LogP contribution is 2.40. The van der Waals surface area contributed by atoms with E-state index in [9.17, 15) is 56.2 Å². The minimum Gasteiger partial charge on any atom is -0.571 e. The van der Waals surface area contributed by atoms with Gasteiger partial charge in [0.2, 0.25) is 24.4 Å². The summed E-state index contributed by atoms with van der Waals surface area (Å²) in [5.74, 6) is -1.54. The maximum Gasteiger partial charge on any atom is 0.305 e. The summed E-state index contributed by atoms with van der Waals surface area (Å²) in [6.07, 6.45) is -13.4. The summed E-state index contributed by atoms with van der Waals surface area (Å²) in [6.45, 7) is -1.43. The van der Waals surface area contributed by atoms with Crippen LogP contribution in [0.15, 0.2) is 59.3 Å². The van der Waals surface area contributed by atoms with Crippen molar-refractivity contribution in [1.29, 1.82) is 0 Å². The van der Waals surface area contributed by atoms with E-state index in [2.05, 4.69) is 4.74 Å². The van der Waals surface area contributed by atoms with Gasteiger partial charge in [0.05, 0.1) is 30.4 Å². The Balaban J connectivity index is 1.53. The quantitative estimate of drug-likeness (QED) is 0.106. The lowest BCUT2D eigenvalue weighted by Crippen LogP contribution is -2.59. The Hall–Kier alpha value is -3.42. The van der Waals surface area contributed by atoms with Crippen LogP contribution in [0.5, 0.6) is 11.5 Å². The van der Waals surface area contributed by atoms with Crippen molar-refractivity contribution in [2.24, 2.45) is 0 Å². The fourth-order valence-electron chi connectivity index (χ4n) is 5.00.